The van der Waals surface area contributed by atoms with Crippen LogP contribution in [0.3, 0.4) is 0 Å². The van der Waals surface area contributed by atoms with E-state index in [1.54, 1.807) is 18.2 Å². The van der Waals surface area contributed by atoms with Gasteiger partial charge in [0.05, 0.1) is 6.54 Å². The maximum Gasteiger partial charge on any atom is 0.251 e. The van der Waals surface area contributed by atoms with Gasteiger partial charge in [0.1, 0.15) is 12.7 Å². The molecule has 2 heterocycles. The normalized spacial score (nSPS) is 17.7. The van der Waals surface area contributed by atoms with Crippen molar-refractivity contribution in [2.24, 2.45) is 0 Å². The minimum absolute atomic E-state index is 0.188. The third-order valence-electron chi connectivity index (χ3n) is 3.69. The summed E-state index contributed by atoms with van der Waals surface area (Å²) < 4.78 is 21.9. The molecular formula is C17H15NO5. The summed E-state index contributed by atoms with van der Waals surface area (Å²) in [5.41, 5.74) is 0.520. The predicted octanol–water partition coefficient (Wildman–Crippen LogP) is 1.99. The number of nitrogens with one attached hydrogen (secondary N) is 1. The van der Waals surface area contributed by atoms with Crippen molar-refractivity contribution in [3.05, 3.63) is 48.0 Å². The van der Waals surface area contributed by atoms with E-state index in [0.29, 0.717) is 36.0 Å². The first-order valence-corrected chi connectivity index (χ1v) is 7.36. The molecule has 2 aromatic rings. The van der Waals surface area contributed by atoms with Gasteiger partial charge in [-0.2, -0.15) is 0 Å². The molecule has 118 valence electrons. The van der Waals surface area contributed by atoms with Gasteiger partial charge in [0.25, 0.3) is 5.91 Å². The van der Waals surface area contributed by atoms with Crippen LogP contribution in [0, 0.1) is 0 Å². The number of ether oxygens (including phenoxy) is 4. The van der Waals surface area contributed by atoms with Crippen molar-refractivity contribution >= 4 is 5.91 Å². The van der Waals surface area contributed by atoms with Crippen molar-refractivity contribution in [1.29, 1.82) is 0 Å². The van der Waals surface area contributed by atoms with Crippen molar-refractivity contribution < 1.29 is 23.7 Å². The van der Waals surface area contributed by atoms with Gasteiger partial charge in [-0.1, -0.05) is 12.1 Å². The highest BCUT2D eigenvalue weighted by molar-refractivity contribution is 5.94. The number of benzene rings is 2. The van der Waals surface area contributed by atoms with Crippen LogP contribution in [0.4, 0.5) is 0 Å². The van der Waals surface area contributed by atoms with Gasteiger partial charge in [-0.25, -0.2) is 0 Å². The summed E-state index contributed by atoms with van der Waals surface area (Å²) in [6.45, 7) is 0.951. The SMILES string of the molecule is O=C(NC[C@@H]1COc2ccccc2O1)c1ccc2c(c1)OCO2. The van der Waals surface area contributed by atoms with E-state index in [1.807, 2.05) is 24.3 Å². The fourth-order valence-corrected chi connectivity index (χ4v) is 2.51. The quantitative estimate of drug-likeness (QED) is 0.938. The second kappa shape index (κ2) is 5.72. The maximum absolute atomic E-state index is 12.2. The van der Waals surface area contributed by atoms with Crippen LogP contribution < -0.4 is 24.3 Å². The molecule has 0 aliphatic carbocycles. The van der Waals surface area contributed by atoms with Crippen molar-refractivity contribution in [3.8, 4) is 23.0 Å². The van der Waals surface area contributed by atoms with Crippen molar-refractivity contribution in [2.75, 3.05) is 19.9 Å². The maximum atomic E-state index is 12.2. The van der Waals surface area contributed by atoms with Gasteiger partial charge in [-0.3, -0.25) is 4.79 Å². The summed E-state index contributed by atoms with van der Waals surface area (Å²) in [6.07, 6.45) is -0.220. The van der Waals surface area contributed by atoms with Crippen LogP contribution in [0.15, 0.2) is 42.5 Å². The Morgan fingerprint density at radius 3 is 2.70 bits per heavy atom. The molecule has 6 heteroatoms. The molecule has 4 rings (SSSR count). The van der Waals surface area contributed by atoms with E-state index >= 15 is 0 Å². The van der Waals surface area contributed by atoms with Crippen molar-refractivity contribution in [2.45, 2.75) is 6.10 Å². The average molecular weight is 313 g/mol. The Balaban J connectivity index is 1.37. The van der Waals surface area contributed by atoms with Crippen LogP contribution in [0.25, 0.3) is 0 Å². The largest absolute Gasteiger partial charge is 0.486 e. The zero-order valence-electron chi connectivity index (χ0n) is 12.3. The van der Waals surface area contributed by atoms with E-state index in [-0.39, 0.29) is 18.8 Å². The molecule has 2 aliphatic heterocycles. The molecule has 0 saturated heterocycles. The third kappa shape index (κ3) is 2.75. The smallest absolute Gasteiger partial charge is 0.251 e. The topological polar surface area (TPSA) is 66.0 Å². The van der Waals surface area contributed by atoms with E-state index in [2.05, 4.69) is 5.32 Å². The van der Waals surface area contributed by atoms with Crippen LogP contribution in [0.2, 0.25) is 0 Å². The molecule has 2 aromatic carbocycles. The molecular weight excluding hydrogens is 298 g/mol. The van der Waals surface area contributed by atoms with Crippen LogP contribution in [-0.2, 0) is 0 Å². The summed E-state index contributed by atoms with van der Waals surface area (Å²) in [7, 11) is 0. The van der Waals surface area contributed by atoms with E-state index in [9.17, 15) is 4.79 Å². The number of para-hydroxylation sites is 2. The Morgan fingerprint density at radius 1 is 1.00 bits per heavy atom. The van der Waals surface area contributed by atoms with Gasteiger partial charge in [-0.15, -0.1) is 0 Å². The van der Waals surface area contributed by atoms with Gasteiger partial charge < -0.3 is 24.3 Å². The molecule has 0 radical (unpaired) electrons. The molecule has 0 saturated carbocycles. The lowest BCUT2D eigenvalue weighted by Gasteiger charge is -2.26. The number of fused-ring (bicyclic) bond motifs is 2. The fourth-order valence-electron chi connectivity index (χ4n) is 2.51. The molecule has 0 bridgehead atoms. The Bertz CT molecular complexity index is 746. The Kier molecular flexibility index (Phi) is 3.42. The van der Waals surface area contributed by atoms with Gasteiger partial charge in [-0.05, 0) is 30.3 Å². The molecule has 1 amide bonds. The lowest BCUT2D eigenvalue weighted by atomic mass is 10.2. The number of carbonyl (C=O) groups is 1. The first-order chi connectivity index (χ1) is 11.3. The minimum atomic E-state index is -0.220. The predicted molar refractivity (Wildman–Crippen MR) is 81.3 cm³/mol. The highest BCUT2D eigenvalue weighted by atomic mass is 16.7. The Morgan fingerprint density at radius 2 is 1.78 bits per heavy atom. The zero-order valence-corrected chi connectivity index (χ0v) is 12.3. The molecule has 1 N–H and O–H groups in total. The lowest BCUT2D eigenvalue weighted by Crippen LogP contribution is -2.40. The monoisotopic (exact) mass is 313 g/mol. The molecule has 23 heavy (non-hydrogen) atoms. The van der Waals surface area contributed by atoms with Crippen molar-refractivity contribution in [3.63, 3.8) is 0 Å². The number of amides is 1. The van der Waals surface area contributed by atoms with E-state index < -0.39 is 0 Å². The lowest BCUT2D eigenvalue weighted by molar-refractivity contribution is 0.0789. The molecule has 0 spiro atoms. The standard InChI is InChI=1S/C17H15NO5/c19-17(11-5-6-14-16(7-11)22-10-21-14)18-8-12-9-20-13-3-1-2-4-15(13)23-12/h1-7,12H,8-10H2,(H,18,19)/t12-/m1/s1. The summed E-state index contributed by atoms with van der Waals surface area (Å²) in [5, 5.41) is 2.85. The van der Waals surface area contributed by atoms with Crippen LogP contribution in [0.1, 0.15) is 10.4 Å². The van der Waals surface area contributed by atoms with Crippen LogP contribution in [0.5, 0.6) is 23.0 Å². The van der Waals surface area contributed by atoms with Gasteiger partial charge in [0, 0.05) is 5.56 Å². The van der Waals surface area contributed by atoms with Gasteiger partial charge >= 0.3 is 0 Å². The fraction of sp³-hybridized carbons (Fsp3) is 0.235. The van der Waals surface area contributed by atoms with E-state index in [4.69, 9.17) is 18.9 Å². The van der Waals surface area contributed by atoms with Crippen molar-refractivity contribution in [1.82, 2.24) is 5.32 Å². The number of rotatable bonds is 3. The summed E-state index contributed by atoms with van der Waals surface area (Å²) in [5.74, 6) is 2.48. The first kappa shape index (κ1) is 13.8. The summed E-state index contributed by atoms with van der Waals surface area (Å²) in [4.78, 5) is 12.2. The van der Waals surface area contributed by atoms with Crippen LogP contribution in [-0.4, -0.2) is 32.0 Å². The number of hydrogen-bond donors (Lipinski definition) is 1. The van der Waals surface area contributed by atoms with Crippen LogP contribution >= 0.6 is 0 Å². The molecule has 6 nitrogen and oxygen atoms in total. The van der Waals surface area contributed by atoms with Gasteiger partial charge in [0.15, 0.2) is 23.0 Å². The Labute approximate surface area is 132 Å². The third-order valence-corrected chi connectivity index (χ3v) is 3.69. The molecule has 0 aromatic heterocycles. The minimum Gasteiger partial charge on any atom is -0.486 e. The highest BCUT2D eigenvalue weighted by Crippen LogP contribution is 2.33. The molecule has 0 fully saturated rings. The average Bonchev–Trinajstić information content (AvgIpc) is 3.07. The molecule has 0 unspecified atom stereocenters. The van der Waals surface area contributed by atoms with Gasteiger partial charge in [0.2, 0.25) is 6.79 Å². The number of carbonyl (C=O) groups excluding carboxylic acids is 1. The zero-order chi connectivity index (χ0) is 15.6. The van der Waals surface area contributed by atoms with E-state index in [0.717, 1.165) is 5.75 Å². The Hall–Kier alpha value is -2.89. The molecule has 2 aliphatic rings. The summed E-state index contributed by atoms with van der Waals surface area (Å²) >= 11 is 0. The molecule has 1 atom stereocenters. The number of hydrogen-bond acceptors (Lipinski definition) is 5. The summed E-state index contributed by atoms with van der Waals surface area (Å²) in [6, 6.07) is 12.6. The first-order valence-electron chi connectivity index (χ1n) is 7.36. The second-order valence-corrected chi connectivity index (χ2v) is 5.28. The highest BCUT2D eigenvalue weighted by Gasteiger charge is 2.22. The second-order valence-electron chi connectivity index (χ2n) is 5.28. The van der Waals surface area contributed by atoms with E-state index in [1.165, 1.54) is 0 Å².